The molecule has 1 fully saturated rings. The molecule has 4 rings (SSSR count). The second-order valence-corrected chi connectivity index (χ2v) is 8.24. The summed E-state index contributed by atoms with van der Waals surface area (Å²) in [6.07, 6.45) is 7.82. The van der Waals surface area contributed by atoms with Gasteiger partial charge in [0.15, 0.2) is 5.82 Å². The number of pyridine rings is 1. The van der Waals surface area contributed by atoms with Crippen LogP contribution in [0.15, 0.2) is 72.8 Å². The van der Waals surface area contributed by atoms with Gasteiger partial charge in [-0.2, -0.15) is 0 Å². The summed E-state index contributed by atoms with van der Waals surface area (Å²) in [6, 6.07) is 11.5. The van der Waals surface area contributed by atoms with E-state index in [4.69, 9.17) is 5.73 Å². The lowest BCUT2D eigenvalue weighted by atomic mass is 9.94. The highest BCUT2D eigenvalue weighted by molar-refractivity contribution is 6.27. The molecule has 34 heavy (non-hydrogen) atoms. The minimum atomic E-state index is -0.758. The van der Waals surface area contributed by atoms with Gasteiger partial charge in [-0.05, 0) is 42.5 Å². The van der Waals surface area contributed by atoms with E-state index in [1.807, 2.05) is 43.3 Å². The Hall–Kier alpha value is -4.33. The summed E-state index contributed by atoms with van der Waals surface area (Å²) in [5.41, 5.74) is 10.7. The van der Waals surface area contributed by atoms with E-state index in [2.05, 4.69) is 31.8 Å². The molecule has 1 saturated carbocycles. The smallest absolute Gasteiger partial charge is 0.314 e. The van der Waals surface area contributed by atoms with Crippen LogP contribution in [0.5, 0.6) is 0 Å². The number of amidine groups is 1. The zero-order valence-corrected chi connectivity index (χ0v) is 19.1. The van der Waals surface area contributed by atoms with Crippen molar-refractivity contribution in [3.8, 4) is 11.1 Å². The maximum atomic E-state index is 11.6. The zero-order chi connectivity index (χ0) is 24.3. The number of nitrogens with zero attached hydrogens (tertiary/aromatic N) is 4. The number of benzene rings is 1. The second-order valence-electron chi connectivity index (χ2n) is 8.24. The topological polar surface area (TPSA) is 126 Å². The Bertz CT molecular complexity index is 1290. The van der Waals surface area contributed by atoms with Gasteiger partial charge in [-0.15, -0.1) is 0 Å². The van der Waals surface area contributed by atoms with Crippen molar-refractivity contribution < 1.29 is 9.90 Å². The number of aromatic nitrogens is 3. The van der Waals surface area contributed by atoms with Crippen LogP contribution < -0.4 is 11.1 Å². The molecule has 1 aromatic carbocycles. The van der Waals surface area contributed by atoms with Crippen molar-refractivity contribution in [2.75, 3.05) is 12.4 Å². The van der Waals surface area contributed by atoms with Crippen molar-refractivity contribution in [3.05, 3.63) is 84.7 Å². The molecule has 172 valence electrons. The van der Waals surface area contributed by atoms with E-state index in [-0.39, 0.29) is 0 Å². The van der Waals surface area contributed by atoms with Crippen molar-refractivity contribution >= 4 is 28.8 Å². The molecular formula is C26H26N6O2. The minimum Gasteiger partial charge on any atom is -0.481 e. The summed E-state index contributed by atoms with van der Waals surface area (Å²) < 4.78 is 0. The Balaban J connectivity index is 1.53. The monoisotopic (exact) mass is 454 g/mol. The fraction of sp³-hybridized carbons (Fsp3) is 0.192. The number of aliphatic imine (C=N–C) groups is 1. The summed E-state index contributed by atoms with van der Waals surface area (Å²) in [5.74, 6) is 0.266. The summed E-state index contributed by atoms with van der Waals surface area (Å²) in [6.45, 7) is 5.76. The SMILES string of the molecule is C=C(C)c1cncc(NC(=NC)C(=CN)c2ccc(-c3ccc(C4(C(=O)O)CC4)cc3)cn2)n1. The van der Waals surface area contributed by atoms with E-state index in [0.717, 1.165) is 22.3 Å². The van der Waals surface area contributed by atoms with Gasteiger partial charge in [0.25, 0.3) is 0 Å². The molecule has 8 heteroatoms. The minimum absolute atomic E-state index is 0.503. The van der Waals surface area contributed by atoms with Crippen LogP contribution in [-0.2, 0) is 10.2 Å². The number of anilines is 1. The molecule has 2 aromatic heterocycles. The number of carboxylic acid groups (broad SMARTS) is 1. The van der Waals surface area contributed by atoms with E-state index in [9.17, 15) is 9.90 Å². The van der Waals surface area contributed by atoms with Gasteiger partial charge in [0.05, 0.1) is 34.8 Å². The lowest BCUT2D eigenvalue weighted by Crippen LogP contribution is -2.19. The first-order valence-electron chi connectivity index (χ1n) is 10.8. The molecule has 0 atom stereocenters. The standard InChI is InChI=1S/C26H26N6O2/c1-16(2)22-14-29-15-23(31-22)32-24(28-3)20(12-27)21-9-6-18(13-30-21)17-4-7-19(8-5-17)26(10-11-26)25(33)34/h4-9,12-15H,1,10-11,27H2,2-3H3,(H,33,34)(H,28,31,32). The van der Waals surface area contributed by atoms with Crippen molar-refractivity contribution in [2.45, 2.75) is 25.2 Å². The first-order valence-corrected chi connectivity index (χ1v) is 10.8. The quantitative estimate of drug-likeness (QED) is 0.362. The Morgan fingerprint density at radius 1 is 1.12 bits per heavy atom. The molecule has 8 nitrogen and oxygen atoms in total. The summed E-state index contributed by atoms with van der Waals surface area (Å²) >= 11 is 0. The number of hydrogen-bond acceptors (Lipinski definition) is 6. The molecule has 0 saturated heterocycles. The molecule has 1 aliphatic carbocycles. The molecule has 0 aliphatic heterocycles. The van der Waals surface area contributed by atoms with Gasteiger partial charge in [-0.3, -0.25) is 19.8 Å². The second kappa shape index (κ2) is 9.27. The number of rotatable bonds is 7. The van der Waals surface area contributed by atoms with E-state index < -0.39 is 11.4 Å². The fourth-order valence-electron chi connectivity index (χ4n) is 3.74. The Morgan fingerprint density at radius 2 is 1.82 bits per heavy atom. The number of nitrogens with one attached hydrogen (secondary N) is 1. The number of hydrogen-bond donors (Lipinski definition) is 3. The maximum absolute atomic E-state index is 11.6. The first kappa shape index (κ1) is 22.8. The van der Waals surface area contributed by atoms with Crippen LogP contribution in [0.4, 0.5) is 5.82 Å². The molecule has 0 radical (unpaired) electrons. The molecule has 0 amide bonds. The number of aliphatic carboxylic acids is 1. The highest BCUT2D eigenvalue weighted by atomic mass is 16.4. The van der Waals surface area contributed by atoms with Crippen LogP contribution in [0.3, 0.4) is 0 Å². The normalized spacial score (nSPS) is 15.0. The van der Waals surface area contributed by atoms with Gasteiger partial charge >= 0.3 is 5.97 Å². The predicted octanol–water partition coefficient (Wildman–Crippen LogP) is 4.13. The Labute approximate surface area is 198 Å². The van der Waals surface area contributed by atoms with E-state index in [1.54, 1.807) is 25.6 Å². The predicted molar refractivity (Wildman–Crippen MR) is 134 cm³/mol. The van der Waals surface area contributed by atoms with Crippen molar-refractivity contribution in [3.63, 3.8) is 0 Å². The lowest BCUT2D eigenvalue weighted by Gasteiger charge is -2.13. The van der Waals surface area contributed by atoms with Crippen molar-refractivity contribution in [2.24, 2.45) is 10.7 Å². The van der Waals surface area contributed by atoms with Crippen LogP contribution in [0, 0.1) is 0 Å². The summed E-state index contributed by atoms with van der Waals surface area (Å²) in [4.78, 5) is 29.1. The third-order valence-electron chi connectivity index (χ3n) is 5.93. The lowest BCUT2D eigenvalue weighted by molar-refractivity contribution is -0.140. The molecule has 4 N–H and O–H groups in total. The average Bonchev–Trinajstić information content (AvgIpc) is 3.67. The third kappa shape index (κ3) is 4.43. The van der Waals surface area contributed by atoms with E-state index in [1.165, 1.54) is 6.20 Å². The highest BCUT2D eigenvalue weighted by Gasteiger charge is 2.51. The van der Waals surface area contributed by atoms with E-state index >= 15 is 0 Å². The average molecular weight is 455 g/mol. The van der Waals surface area contributed by atoms with Crippen LogP contribution in [0.2, 0.25) is 0 Å². The van der Waals surface area contributed by atoms with Gasteiger partial charge in [0.1, 0.15) is 5.84 Å². The first-order chi connectivity index (χ1) is 16.4. The van der Waals surface area contributed by atoms with Crippen LogP contribution in [0.25, 0.3) is 22.3 Å². The molecular weight excluding hydrogens is 428 g/mol. The van der Waals surface area contributed by atoms with Gasteiger partial charge in [-0.1, -0.05) is 36.9 Å². The highest BCUT2D eigenvalue weighted by Crippen LogP contribution is 2.48. The maximum Gasteiger partial charge on any atom is 0.314 e. The Morgan fingerprint density at radius 3 is 2.35 bits per heavy atom. The van der Waals surface area contributed by atoms with Crippen molar-refractivity contribution in [1.29, 1.82) is 0 Å². The molecule has 0 spiro atoms. The number of allylic oxidation sites excluding steroid dienone is 1. The molecule has 0 unspecified atom stereocenters. The number of nitrogens with two attached hydrogens (primary N) is 1. The van der Waals surface area contributed by atoms with E-state index in [0.29, 0.717) is 41.5 Å². The summed E-state index contributed by atoms with van der Waals surface area (Å²) in [7, 11) is 1.65. The third-order valence-corrected chi connectivity index (χ3v) is 5.93. The molecule has 3 aromatic rings. The van der Waals surface area contributed by atoms with Crippen LogP contribution in [-0.4, -0.2) is 38.9 Å². The van der Waals surface area contributed by atoms with Crippen LogP contribution >= 0.6 is 0 Å². The fourth-order valence-corrected chi connectivity index (χ4v) is 3.74. The number of carbonyl (C=O) groups is 1. The van der Waals surface area contributed by atoms with Gasteiger partial charge < -0.3 is 16.2 Å². The van der Waals surface area contributed by atoms with Gasteiger partial charge in [-0.25, -0.2) is 4.98 Å². The summed E-state index contributed by atoms with van der Waals surface area (Å²) in [5, 5.41) is 12.6. The van der Waals surface area contributed by atoms with Gasteiger partial charge in [0, 0.05) is 25.0 Å². The molecule has 2 heterocycles. The molecule has 0 bridgehead atoms. The van der Waals surface area contributed by atoms with Crippen LogP contribution in [0.1, 0.15) is 36.7 Å². The molecule has 1 aliphatic rings. The zero-order valence-electron chi connectivity index (χ0n) is 19.1. The Kier molecular flexibility index (Phi) is 6.23. The van der Waals surface area contributed by atoms with Crippen molar-refractivity contribution in [1.82, 2.24) is 15.0 Å². The van der Waals surface area contributed by atoms with Gasteiger partial charge in [0.2, 0.25) is 0 Å². The number of carboxylic acids is 1. The largest absolute Gasteiger partial charge is 0.481 e.